The predicted octanol–water partition coefficient (Wildman–Crippen LogP) is 2.81. The van der Waals surface area contributed by atoms with Gasteiger partial charge in [-0.1, -0.05) is 54.2 Å². The molecular formula is C19H19N3O3S. The summed E-state index contributed by atoms with van der Waals surface area (Å²) in [6, 6.07) is 16.9. The van der Waals surface area contributed by atoms with Gasteiger partial charge in [-0.15, -0.1) is 0 Å². The van der Waals surface area contributed by atoms with Gasteiger partial charge in [-0.25, -0.2) is 0 Å². The van der Waals surface area contributed by atoms with E-state index in [1.807, 2.05) is 42.5 Å². The largest absolute Gasteiger partial charge is 0.495 e. The zero-order valence-electron chi connectivity index (χ0n) is 14.3. The molecule has 134 valence electrons. The summed E-state index contributed by atoms with van der Waals surface area (Å²) in [7, 11) is 1.54. The summed E-state index contributed by atoms with van der Waals surface area (Å²) in [6.07, 6.45) is 0.0684. The van der Waals surface area contributed by atoms with Gasteiger partial charge in [0.05, 0.1) is 19.3 Å². The van der Waals surface area contributed by atoms with Gasteiger partial charge in [-0.05, 0) is 17.7 Å². The average Bonchev–Trinajstić information content (AvgIpc) is 3.00. The van der Waals surface area contributed by atoms with Crippen LogP contribution in [0.5, 0.6) is 5.75 Å². The number of thioether (sulfide) groups is 1. The van der Waals surface area contributed by atoms with E-state index in [0.29, 0.717) is 23.1 Å². The molecule has 1 aliphatic rings. The molecular weight excluding hydrogens is 350 g/mol. The van der Waals surface area contributed by atoms with E-state index < -0.39 is 5.25 Å². The van der Waals surface area contributed by atoms with Gasteiger partial charge in [0.15, 0.2) is 5.17 Å². The molecule has 0 unspecified atom stereocenters. The Balaban J connectivity index is 1.56. The fraction of sp³-hybridized carbons (Fsp3) is 0.211. The van der Waals surface area contributed by atoms with Gasteiger partial charge in [-0.2, -0.15) is 0 Å². The summed E-state index contributed by atoms with van der Waals surface area (Å²) in [5.74, 6) is 0.137. The second-order valence-electron chi connectivity index (χ2n) is 5.66. The molecule has 2 aromatic carbocycles. The minimum atomic E-state index is -0.487. The first-order valence-corrected chi connectivity index (χ1v) is 9.02. The molecule has 1 heterocycles. The van der Waals surface area contributed by atoms with E-state index in [1.54, 1.807) is 19.2 Å². The Morgan fingerprint density at radius 3 is 2.69 bits per heavy atom. The van der Waals surface area contributed by atoms with Crippen LogP contribution in [0.25, 0.3) is 0 Å². The molecule has 1 aliphatic heterocycles. The van der Waals surface area contributed by atoms with Crippen LogP contribution in [0.2, 0.25) is 0 Å². The van der Waals surface area contributed by atoms with Gasteiger partial charge in [0.2, 0.25) is 11.8 Å². The summed E-state index contributed by atoms with van der Waals surface area (Å²) in [5, 5.41) is 5.58. The number of nitrogens with one attached hydrogen (secondary N) is 2. The normalized spacial score (nSPS) is 17.8. The summed E-state index contributed by atoms with van der Waals surface area (Å²) < 4.78 is 5.21. The lowest BCUT2D eigenvalue weighted by atomic mass is 10.2. The summed E-state index contributed by atoms with van der Waals surface area (Å²) >= 11 is 1.28. The monoisotopic (exact) mass is 369 g/mol. The number of aliphatic imine (C=N–C) groups is 1. The number of amides is 2. The van der Waals surface area contributed by atoms with Crippen molar-refractivity contribution in [1.82, 2.24) is 5.32 Å². The number of hydrogen-bond donors (Lipinski definition) is 2. The third kappa shape index (κ3) is 4.64. The predicted molar refractivity (Wildman–Crippen MR) is 103 cm³/mol. The molecule has 1 atom stereocenters. The average molecular weight is 369 g/mol. The first-order valence-electron chi connectivity index (χ1n) is 8.14. The van der Waals surface area contributed by atoms with Crippen molar-refractivity contribution in [2.45, 2.75) is 18.2 Å². The molecule has 2 N–H and O–H groups in total. The molecule has 3 rings (SSSR count). The Labute approximate surface area is 156 Å². The first-order chi connectivity index (χ1) is 12.7. The van der Waals surface area contributed by atoms with Crippen LogP contribution in [0.1, 0.15) is 12.0 Å². The van der Waals surface area contributed by atoms with Gasteiger partial charge >= 0.3 is 0 Å². The highest BCUT2D eigenvalue weighted by Crippen LogP contribution is 2.26. The topological polar surface area (TPSA) is 79.8 Å². The van der Waals surface area contributed by atoms with Gasteiger partial charge in [0, 0.05) is 6.42 Å². The Morgan fingerprint density at radius 1 is 1.19 bits per heavy atom. The van der Waals surface area contributed by atoms with Gasteiger partial charge in [0.25, 0.3) is 0 Å². The zero-order chi connectivity index (χ0) is 18.4. The van der Waals surface area contributed by atoms with Gasteiger partial charge in [0.1, 0.15) is 11.0 Å². The number of anilines is 1. The molecule has 1 saturated heterocycles. The summed E-state index contributed by atoms with van der Waals surface area (Å²) in [4.78, 5) is 28.8. The third-order valence-corrected chi connectivity index (χ3v) is 4.90. The van der Waals surface area contributed by atoms with Crippen LogP contribution >= 0.6 is 11.8 Å². The van der Waals surface area contributed by atoms with Crippen molar-refractivity contribution < 1.29 is 14.3 Å². The summed E-state index contributed by atoms with van der Waals surface area (Å²) in [5.41, 5.74) is 1.65. The number of benzene rings is 2. The number of para-hydroxylation sites is 2. The lowest BCUT2D eigenvalue weighted by Crippen LogP contribution is -2.28. The number of hydrogen-bond acceptors (Lipinski definition) is 5. The van der Waals surface area contributed by atoms with Gasteiger partial charge in [-0.3, -0.25) is 14.6 Å². The maximum absolute atomic E-state index is 12.3. The maximum Gasteiger partial charge on any atom is 0.240 e. The van der Waals surface area contributed by atoms with Crippen molar-refractivity contribution in [2.75, 3.05) is 12.4 Å². The zero-order valence-corrected chi connectivity index (χ0v) is 15.1. The van der Waals surface area contributed by atoms with Crippen LogP contribution in [0.3, 0.4) is 0 Å². The number of carbonyl (C=O) groups is 2. The molecule has 1 fully saturated rings. The molecule has 0 aliphatic carbocycles. The highest BCUT2D eigenvalue weighted by atomic mass is 32.2. The Hall–Kier alpha value is -2.80. The van der Waals surface area contributed by atoms with Crippen molar-refractivity contribution in [1.29, 1.82) is 0 Å². The Kier molecular flexibility index (Phi) is 5.91. The number of rotatable bonds is 6. The quantitative estimate of drug-likeness (QED) is 0.821. The molecule has 2 amide bonds. The van der Waals surface area contributed by atoms with Crippen LogP contribution in [0.4, 0.5) is 5.69 Å². The van der Waals surface area contributed by atoms with Gasteiger partial charge < -0.3 is 15.4 Å². The Morgan fingerprint density at radius 2 is 1.92 bits per heavy atom. The highest BCUT2D eigenvalue weighted by molar-refractivity contribution is 8.15. The minimum Gasteiger partial charge on any atom is -0.495 e. The van der Waals surface area contributed by atoms with E-state index in [0.717, 1.165) is 5.56 Å². The SMILES string of the molecule is COc1ccccc1NC(=O)C[C@H]1SC(=NCc2ccccc2)NC1=O. The number of methoxy groups -OCH3 is 1. The lowest BCUT2D eigenvalue weighted by Gasteiger charge is -2.10. The molecule has 26 heavy (non-hydrogen) atoms. The number of nitrogens with zero attached hydrogens (tertiary/aromatic N) is 1. The third-order valence-electron chi connectivity index (χ3n) is 3.78. The minimum absolute atomic E-state index is 0.0684. The van der Waals surface area contributed by atoms with Crippen LogP contribution in [0, 0.1) is 0 Å². The van der Waals surface area contributed by atoms with Crippen LogP contribution in [-0.4, -0.2) is 29.3 Å². The second-order valence-corrected chi connectivity index (χ2v) is 6.85. The molecule has 0 radical (unpaired) electrons. The molecule has 0 aromatic heterocycles. The fourth-order valence-electron chi connectivity index (χ4n) is 2.48. The lowest BCUT2D eigenvalue weighted by molar-refractivity contribution is -0.122. The van der Waals surface area contributed by atoms with E-state index in [1.165, 1.54) is 11.8 Å². The maximum atomic E-state index is 12.3. The summed E-state index contributed by atoms with van der Waals surface area (Å²) in [6.45, 7) is 0.490. The molecule has 0 saturated carbocycles. The Bertz CT molecular complexity index is 824. The highest BCUT2D eigenvalue weighted by Gasteiger charge is 2.32. The van der Waals surface area contributed by atoms with E-state index in [-0.39, 0.29) is 18.2 Å². The van der Waals surface area contributed by atoms with Crippen molar-refractivity contribution in [2.24, 2.45) is 4.99 Å². The number of carbonyl (C=O) groups excluding carboxylic acids is 2. The molecule has 0 bridgehead atoms. The van der Waals surface area contributed by atoms with Crippen LogP contribution in [0.15, 0.2) is 59.6 Å². The second kappa shape index (κ2) is 8.53. The first kappa shape index (κ1) is 18.0. The number of amidine groups is 1. The molecule has 2 aromatic rings. The smallest absolute Gasteiger partial charge is 0.240 e. The van der Waals surface area contributed by atoms with E-state index in [2.05, 4.69) is 15.6 Å². The number of ether oxygens (including phenoxy) is 1. The van der Waals surface area contributed by atoms with E-state index in [9.17, 15) is 9.59 Å². The molecule has 6 nitrogen and oxygen atoms in total. The van der Waals surface area contributed by atoms with E-state index >= 15 is 0 Å². The fourth-order valence-corrected chi connectivity index (χ4v) is 3.45. The molecule has 7 heteroatoms. The molecule has 0 spiro atoms. The van der Waals surface area contributed by atoms with Crippen LogP contribution in [-0.2, 0) is 16.1 Å². The standard InChI is InChI=1S/C19H19N3O3S/c1-25-15-10-6-5-9-14(15)21-17(23)11-16-18(24)22-19(26-16)20-12-13-7-3-2-4-8-13/h2-10,16H,11-12H2,1H3,(H,21,23)(H,20,22,24)/t16-/m1/s1. The van der Waals surface area contributed by atoms with Crippen LogP contribution < -0.4 is 15.4 Å². The van der Waals surface area contributed by atoms with Crippen molar-refractivity contribution in [3.8, 4) is 5.75 Å². The van der Waals surface area contributed by atoms with Crippen molar-refractivity contribution in [3.05, 3.63) is 60.2 Å². The van der Waals surface area contributed by atoms with Crippen molar-refractivity contribution >= 4 is 34.4 Å². The van der Waals surface area contributed by atoms with E-state index in [4.69, 9.17) is 4.74 Å². The van der Waals surface area contributed by atoms with Crippen molar-refractivity contribution in [3.63, 3.8) is 0 Å².